The molecule has 0 unspecified atom stereocenters. The molecule has 0 saturated carbocycles. The molecule has 0 fully saturated rings. The first-order chi connectivity index (χ1) is 9.90. The Bertz CT molecular complexity index is 716. The third kappa shape index (κ3) is 2.99. The molecule has 108 valence electrons. The molecule has 8 heteroatoms. The van der Waals surface area contributed by atoms with Gasteiger partial charge in [-0.05, 0) is 24.3 Å². The molecule has 5 nitrogen and oxygen atoms in total. The van der Waals surface area contributed by atoms with Gasteiger partial charge in [-0.15, -0.1) is 0 Å². The van der Waals surface area contributed by atoms with Crippen LogP contribution in [-0.2, 0) is 0 Å². The number of nitro groups is 1. The molecule has 0 aliphatic heterocycles. The van der Waals surface area contributed by atoms with Gasteiger partial charge < -0.3 is 4.74 Å². The fourth-order valence-electron chi connectivity index (χ4n) is 1.48. The van der Waals surface area contributed by atoms with E-state index in [1.165, 1.54) is 0 Å². The van der Waals surface area contributed by atoms with Crippen molar-refractivity contribution >= 4 is 11.7 Å². The van der Waals surface area contributed by atoms with Crippen molar-refractivity contribution in [1.29, 1.82) is 0 Å². The average molecular weight is 297 g/mol. The molecule has 0 aromatic heterocycles. The maximum atomic E-state index is 13.4. The highest BCUT2D eigenvalue weighted by molar-refractivity contribution is 5.91. The highest BCUT2D eigenvalue weighted by Crippen LogP contribution is 2.20. The number of hydrogen-bond acceptors (Lipinski definition) is 4. The lowest BCUT2D eigenvalue weighted by molar-refractivity contribution is -0.384. The van der Waals surface area contributed by atoms with Gasteiger partial charge in [-0.2, -0.15) is 0 Å². The van der Waals surface area contributed by atoms with E-state index in [1.807, 2.05) is 0 Å². The monoisotopic (exact) mass is 297 g/mol. The Labute approximate surface area is 115 Å². The third-order valence-electron chi connectivity index (χ3n) is 2.51. The van der Waals surface area contributed by atoms with Crippen LogP contribution in [0.3, 0.4) is 0 Å². The predicted molar refractivity (Wildman–Crippen MR) is 64.4 cm³/mol. The van der Waals surface area contributed by atoms with Crippen LogP contribution in [0.5, 0.6) is 5.75 Å². The van der Waals surface area contributed by atoms with E-state index in [0.717, 1.165) is 30.3 Å². The van der Waals surface area contributed by atoms with Crippen molar-refractivity contribution in [1.82, 2.24) is 0 Å². The Morgan fingerprint density at radius 2 is 1.62 bits per heavy atom. The number of carbonyl (C=O) groups excluding carboxylic acids is 1. The highest BCUT2D eigenvalue weighted by atomic mass is 19.2. The van der Waals surface area contributed by atoms with Crippen LogP contribution in [0.1, 0.15) is 10.4 Å². The zero-order valence-corrected chi connectivity index (χ0v) is 10.2. The lowest BCUT2D eigenvalue weighted by Crippen LogP contribution is -2.12. The van der Waals surface area contributed by atoms with Gasteiger partial charge in [-0.3, -0.25) is 10.1 Å². The number of benzene rings is 2. The van der Waals surface area contributed by atoms with Gasteiger partial charge in [-0.1, -0.05) is 0 Å². The molecular formula is C13H6F3NO4. The normalized spacial score (nSPS) is 10.2. The molecule has 0 saturated heterocycles. The molecule has 0 spiro atoms. The fraction of sp³-hybridized carbons (Fsp3) is 0. The van der Waals surface area contributed by atoms with Gasteiger partial charge in [-0.25, -0.2) is 18.0 Å². The Morgan fingerprint density at radius 1 is 1.00 bits per heavy atom. The zero-order chi connectivity index (χ0) is 15.6. The standard InChI is InChI=1S/C13H6F3NO4/c14-10-6-5-9(11(15)12(10)16)13(18)21-8-3-1-7(2-4-8)17(19)20/h1-6H. The molecule has 2 aromatic carbocycles. The van der Waals surface area contributed by atoms with Gasteiger partial charge in [0.15, 0.2) is 17.5 Å². The van der Waals surface area contributed by atoms with Crippen LogP contribution in [0, 0.1) is 27.6 Å². The van der Waals surface area contributed by atoms with E-state index < -0.39 is 33.9 Å². The number of non-ortho nitro benzene ring substituents is 1. The molecule has 2 rings (SSSR count). The van der Waals surface area contributed by atoms with E-state index in [9.17, 15) is 28.1 Å². The predicted octanol–water partition coefficient (Wildman–Crippen LogP) is 3.23. The summed E-state index contributed by atoms with van der Waals surface area (Å²) in [5.74, 6) is -6.23. The Morgan fingerprint density at radius 3 is 2.19 bits per heavy atom. The molecule has 0 heterocycles. The van der Waals surface area contributed by atoms with Gasteiger partial charge in [0.2, 0.25) is 0 Å². The number of halogens is 3. The number of hydrogen-bond donors (Lipinski definition) is 0. The number of rotatable bonds is 3. The molecule has 0 aliphatic rings. The van der Waals surface area contributed by atoms with Crippen LogP contribution in [-0.4, -0.2) is 10.9 Å². The number of ether oxygens (including phenoxy) is 1. The van der Waals surface area contributed by atoms with Crippen LogP contribution in [0.25, 0.3) is 0 Å². The van der Waals surface area contributed by atoms with E-state index in [2.05, 4.69) is 0 Å². The fourth-order valence-corrected chi connectivity index (χ4v) is 1.48. The molecular weight excluding hydrogens is 291 g/mol. The molecule has 0 amide bonds. The maximum absolute atomic E-state index is 13.4. The lowest BCUT2D eigenvalue weighted by Gasteiger charge is -2.05. The van der Waals surface area contributed by atoms with E-state index in [-0.39, 0.29) is 11.4 Å². The van der Waals surface area contributed by atoms with Crippen molar-refractivity contribution < 1.29 is 27.6 Å². The molecule has 21 heavy (non-hydrogen) atoms. The number of nitro benzene ring substituents is 1. The van der Waals surface area contributed by atoms with E-state index in [0.29, 0.717) is 6.07 Å². The van der Waals surface area contributed by atoms with Crippen molar-refractivity contribution in [3.05, 3.63) is 69.5 Å². The van der Waals surface area contributed by atoms with Crippen LogP contribution >= 0.6 is 0 Å². The Hall–Kier alpha value is -2.90. The first kappa shape index (κ1) is 14.5. The smallest absolute Gasteiger partial charge is 0.346 e. The topological polar surface area (TPSA) is 69.4 Å². The summed E-state index contributed by atoms with van der Waals surface area (Å²) in [4.78, 5) is 21.4. The van der Waals surface area contributed by atoms with E-state index in [1.54, 1.807) is 0 Å². The summed E-state index contributed by atoms with van der Waals surface area (Å²) in [7, 11) is 0. The van der Waals surface area contributed by atoms with Gasteiger partial charge >= 0.3 is 5.97 Å². The van der Waals surface area contributed by atoms with Crippen LogP contribution in [0.4, 0.5) is 18.9 Å². The van der Waals surface area contributed by atoms with E-state index >= 15 is 0 Å². The average Bonchev–Trinajstić information content (AvgIpc) is 2.45. The second kappa shape index (κ2) is 5.61. The SMILES string of the molecule is O=C(Oc1ccc([N+](=O)[O-])cc1)c1ccc(F)c(F)c1F. The highest BCUT2D eigenvalue weighted by Gasteiger charge is 2.20. The van der Waals surface area contributed by atoms with Gasteiger partial charge in [0, 0.05) is 12.1 Å². The lowest BCUT2D eigenvalue weighted by atomic mass is 10.2. The van der Waals surface area contributed by atoms with Gasteiger partial charge in [0.1, 0.15) is 5.75 Å². The summed E-state index contributed by atoms with van der Waals surface area (Å²) in [5, 5.41) is 10.4. The van der Waals surface area contributed by atoms with Crippen LogP contribution in [0.15, 0.2) is 36.4 Å². The summed E-state index contributed by atoms with van der Waals surface area (Å²) in [6, 6.07) is 5.71. The first-order valence-electron chi connectivity index (χ1n) is 5.50. The Kier molecular flexibility index (Phi) is 3.88. The van der Waals surface area contributed by atoms with Crippen molar-refractivity contribution in [2.24, 2.45) is 0 Å². The zero-order valence-electron chi connectivity index (χ0n) is 10.2. The van der Waals surface area contributed by atoms with Crippen LogP contribution in [0.2, 0.25) is 0 Å². The number of esters is 1. The minimum absolute atomic E-state index is 0.102. The molecule has 0 bridgehead atoms. The van der Waals surface area contributed by atoms with E-state index in [4.69, 9.17) is 4.74 Å². The molecule has 0 atom stereocenters. The summed E-state index contributed by atoms with van der Waals surface area (Å²) < 4.78 is 43.8. The maximum Gasteiger partial charge on any atom is 0.346 e. The van der Waals surface area contributed by atoms with Crippen molar-refractivity contribution in [3.8, 4) is 5.75 Å². The summed E-state index contributed by atoms with van der Waals surface area (Å²) in [6.45, 7) is 0. The third-order valence-corrected chi connectivity index (χ3v) is 2.51. The quantitative estimate of drug-likeness (QED) is 0.287. The summed E-state index contributed by atoms with van der Waals surface area (Å²) in [5.41, 5.74) is -1.01. The molecule has 0 N–H and O–H groups in total. The Balaban J connectivity index is 2.22. The second-order valence-electron chi connectivity index (χ2n) is 3.86. The molecule has 2 aromatic rings. The minimum Gasteiger partial charge on any atom is -0.423 e. The second-order valence-corrected chi connectivity index (χ2v) is 3.86. The van der Waals surface area contributed by atoms with Gasteiger partial charge in [0.05, 0.1) is 10.5 Å². The first-order valence-corrected chi connectivity index (χ1v) is 5.50. The number of nitrogens with zero attached hydrogens (tertiary/aromatic N) is 1. The minimum atomic E-state index is -1.78. The largest absolute Gasteiger partial charge is 0.423 e. The van der Waals surface area contributed by atoms with Crippen LogP contribution < -0.4 is 4.74 Å². The molecule has 0 radical (unpaired) electrons. The van der Waals surface area contributed by atoms with Crippen molar-refractivity contribution in [2.45, 2.75) is 0 Å². The van der Waals surface area contributed by atoms with Crippen molar-refractivity contribution in [3.63, 3.8) is 0 Å². The summed E-state index contributed by atoms with van der Waals surface area (Å²) in [6.07, 6.45) is 0. The van der Waals surface area contributed by atoms with Crippen molar-refractivity contribution in [2.75, 3.05) is 0 Å². The molecule has 0 aliphatic carbocycles. The van der Waals surface area contributed by atoms with Gasteiger partial charge in [0.25, 0.3) is 5.69 Å². The summed E-state index contributed by atoms with van der Waals surface area (Å²) >= 11 is 0. The number of carbonyl (C=O) groups is 1.